The summed E-state index contributed by atoms with van der Waals surface area (Å²) in [5, 5.41) is 0. The van der Waals surface area contributed by atoms with E-state index < -0.39 is 24.5 Å². The van der Waals surface area contributed by atoms with E-state index in [2.05, 4.69) is 4.74 Å². The third kappa shape index (κ3) is 5.14. The Morgan fingerprint density at radius 2 is 2.00 bits per heavy atom. The fourth-order valence-corrected chi connectivity index (χ4v) is 1.38. The van der Waals surface area contributed by atoms with Gasteiger partial charge in [-0.2, -0.15) is 13.2 Å². The van der Waals surface area contributed by atoms with Crippen LogP contribution in [-0.4, -0.2) is 25.9 Å². The van der Waals surface area contributed by atoms with E-state index in [-0.39, 0.29) is 13.2 Å². The lowest BCUT2D eigenvalue weighted by molar-refractivity contribution is -0.174. The molecule has 0 fully saturated rings. The number of alkyl halides is 3. The molecule has 6 heteroatoms. The summed E-state index contributed by atoms with van der Waals surface area (Å²) in [6, 6.07) is 5.59. The maximum atomic E-state index is 12.9. The number of hydrogen-bond donors (Lipinski definition) is 1. The molecule has 1 aromatic rings. The minimum absolute atomic E-state index is 0.0985. The summed E-state index contributed by atoms with van der Waals surface area (Å²) >= 11 is 0. The highest BCUT2D eigenvalue weighted by atomic mass is 19.4. The van der Waals surface area contributed by atoms with Gasteiger partial charge in [0.25, 0.3) is 0 Å². The molecule has 0 amide bonds. The summed E-state index contributed by atoms with van der Waals surface area (Å²) in [7, 11) is 0. The third-order valence-corrected chi connectivity index (χ3v) is 2.19. The molecule has 96 valence electrons. The van der Waals surface area contributed by atoms with Crippen LogP contribution in [0.4, 0.5) is 17.6 Å². The molecule has 17 heavy (non-hydrogen) atoms. The normalized spacial score (nSPS) is 13.7. The van der Waals surface area contributed by atoms with Crippen LogP contribution in [0, 0.1) is 5.82 Å². The molecule has 0 aromatic heterocycles. The second kappa shape index (κ2) is 5.97. The number of nitrogens with two attached hydrogens (primary N) is 1. The van der Waals surface area contributed by atoms with Gasteiger partial charge in [-0.05, 0) is 17.7 Å². The summed E-state index contributed by atoms with van der Waals surface area (Å²) in [5.41, 5.74) is 5.96. The predicted octanol–water partition coefficient (Wildman–Crippen LogP) is 2.45. The molecule has 0 aliphatic carbocycles. The van der Waals surface area contributed by atoms with E-state index in [0.29, 0.717) is 5.56 Å². The maximum absolute atomic E-state index is 12.9. The van der Waals surface area contributed by atoms with E-state index in [0.717, 1.165) is 0 Å². The van der Waals surface area contributed by atoms with Crippen LogP contribution in [0.5, 0.6) is 0 Å². The van der Waals surface area contributed by atoms with Crippen LogP contribution in [0.15, 0.2) is 24.3 Å². The van der Waals surface area contributed by atoms with Crippen LogP contribution in [0.1, 0.15) is 11.5 Å². The van der Waals surface area contributed by atoms with Crippen LogP contribution in [0.3, 0.4) is 0 Å². The Morgan fingerprint density at radius 1 is 1.29 bits per heavy atom. The Bertz CT molecular complexity index is 354. The van der Waals surface area contributed by atoms with Crippen LogP contribution in [-0.2, 0) is 4.74 Å². The predicted molar refractivity (Wildman–Crippen MR) is 55.1 cm³/mol. The first-order valence-corrected chi connectivity index (χ1v) is 5.02. The van der Waals surface area contributed by atoms with Crippen LogP contribution < -0.4 is 5.73 Å². The Kier molecular flexibility index (Phi) is 4.89. The quantitative estimate of drug-likeness (QED) is 0.816. The van der Waals surface area contributed by atoms with Crippen LogP contribution >= 0.6 is 0 Å². The van der Waals surface area contributed by atoms with Crippen molar-refractivity contribution in [2.75, 3.05) is 19.8 Å². The van der Waals surface area contributed by atoms with E-state index in [1.54, 1.807) is 6.07 Å². The SMILES string of the molecule is NCC(COCC(F)(F)F)c1cccc(F)c1. The minimum Gasteiger partial charge on any atom is -0.371 e. The Hall–Kier alpha value is -1.14. The molecule has 0 spiro atoms. The van der Waals surface area contributed by atoms with Crippen molar-refractivity contribution in [2.45, 2.75) is 12.1 Å². The Morgan fingerprint density at radius 3 is 2.53 bits per heavy atom. The number of rotatable bonds is 5. The molecule has 0 saturated carbocycles. The first-order chi connectivity index (χ1) is 7.92. The zero-order chi connectivity index (χ0) is 12.9. The largest absolute Gasteiger partial charge is 0.411 e. The van der Waals surface area contributed by atoms with Crippen molar-refractivity contribution in [3.05, 3.63) is 35.6 Å². The number of ether oxygens (including phenoxy) is 1. The first-order valence-electron chi connectivity index (χ1n) is 5.02. The monoisotopic (exact) mass is 251 g/mol. The molecule has 1 aromatic carbocycles. The summed E-state index contributed by atoms with van der Waals surface area (Å²) in [5.74, 6) is -0.884. The molecular formula is C11H13F4NO. The van der Waals surface area contributed by atoms with Crippen molar-refractivity contribution in [2.24, 2.45) is 5.73 Å². The molecule has 2 nitrogen and oxygen atoms in total. The number of hydrogen-bond acceptors (Lipinski definition) is 2. The lowest BCUT2D eigenvalue weighted by Gasteiger charge is -2.16. The van der Waals surface area contributed by atoms with Gasteiger partial charge in [0.15, 0.2) is 0 Å². The molecule has 1 unspecified atom stereocenters. The lowest BCUT2D eigenvalue weighted by atomic mass is 10.0. The fourth-order valence-electron chi connectivity index (χ4n) is 1.38. The van der Waals surface area contributed by atoms with Gasteiger partial charge >= 0.3 is 6.18 Å². The molecule has 1 rings (SSSR count). The van der Waals surface area contributed by atoms with Crippen LogP contribution in [0.2, 0.25) is 0 Å². The van der Waals surface area contributed by atoms with Gasteiger partial charge in [-0.1, -0.05) is 12.1 Å². The molecule has 1 atom stereocenters. The van der Waals surface area contributed by atoms with Gasteiger partial charge in [0, 0.05) is 12.5 Å². The van der Waals surface area contributed by atoms with Crippen molar-refractivity contribution in [1.29, 1.82) is 0 Å². The van der Waals surface area contributed by atoms with E-state index in [9.17, 15) is 17.6 Å². The van der Waals surface area contributed by atoms with Gasteiger partial charge in [-0.15, -0.1) is 0 Å². The highest BCUT2D eigenvalue weighted by Gasteiger charge is 2.28. The molecule has 0 bridgehead atoms. The van der Waals surface area contributed by atoms with Crippen molar-refractivity contribution in [1.82, 2.24) is 0 Å². The average molecular weight is 251 g/mol. The fraction of sp³-hybridized carbons (Fsp3) is 0.455. The van der Waals surface area contributed by atoms with E-state index in [1.807, 2.05) is 0 Å². The van der Waals surface area contributed by atoms with Gasteiger partial charge < -0.3 is 10.5 Å². The van der Waals surface area contributed by atoms with Crippen molar-refractivity contribution >= 4 is 0 Å². The van der Waals surface area contributed by atoms with Crippen LogP contribution in [0.25, 0.3) is 0 Å². The summed E-state index contributed by atoms with van der Waals surface area (Å²) in [6.45, 7) is -1.40. The topological polar surface area (TPSA) is 35.2 Å². The lowest BCUT2D eigenvalue weighted by Crippen LogP contribution is -2.23. The highest BCUT2D eigenvalue weighted by molar-refractivity contribution is 5.21. The molecular weight excluding hydrogens is 238 g/mol. The van der Waals surface area contributed by atoms with Crippen molar-refractivity contribution in [3.8, 4) is 0 Å². The molecule has 0 radical (unpaired) electrons. The summed E-state index contributed by atoms with van der Waals surface area (Å²) in [4.78, 5) is 0. The molecule has 2 N–H and O–H groups in total. The Labute approximate surface area is 96.4 Å². The molecule has 0 heterocycles. The zero-order valence-corrected chi connectivity index (χ0v) is 9.01. The van der Waals surface area contributed by atoms with E-state index >= 15 is 0 Å². The summed E-state index contributed by atoms with van der Waals surface area (Å²) in [6.07, 6.45) is -4.36. The second-order valence-electron chi connectivity index (χ2n) is 3.62. The van der Waals surface area contributed by atoms with Crippen molar-refractivity contribution in [3.63, 3.8) is 0 Å². The maximum Gasteiger partial charge on any atom is 0.411 e. The third-order valence-electron chi connectivity index (χ3n) is 2.19. The number of benzene rings is 1. The van der Waals surface area contributed by atoms with Crippen molar-refractivity contribution < 1.29 is 22.3 Å². The van der Waals surface area contributed by atoms with Gasteiger partial charge in [0.1, 0.15) is 12.4 Å². The average Bonchev–Trinajstić information content (AvgIpc) is 2.23. The standard InChI is InChI=1S/C11H13F4NO/c12-10-3-1-2-8(4-10)9(5-16)6-17-7-11(13,14)15/h1-4,9H,5-7,16H2. The highest BCUT2D eigenvalue weighted by Crippen LogP contribution is 2.19. The molecule has 0 saturated heterocycles. The first kappa shape index (κ1) is 13.9. The van der Waals surface area contributed by atoms with Gasteiger partial charge in [0.05, 0.1) is 6.61 Å². The van der Waals surface area contributed by atoms with Gasteiger partial charge in [-0.25, -0.2) is 4.39 Å². The van der Waals surface area contributed by atoms with Gasteiger partial charge in [-0.3, -0.25) is 0 Å². The number of halogens is 4. The smallest absolute Gasteiger partial charge is 0.371 e. The zero-order valence-electron chi connectivity index (χ0n) is 9.01. The molecule has 0 aliphatic rings. The van der Waals surface area contributed by atoms with E-state index in [1.165, 1.54) is 18.2 Å². The van der Waals surface area contributed by atoms with Gasteiger partial charge in [0.2, 0.25) is 0 Å². The second-order valence-corrected chi connectivity index (χ2v) is 3.62. The summed E-state index contributed by atoms with van der Waals surface area (Å²) < 4.78 is 53.0. The molecule has 0 aliphatic heterocycles. The van der Waals surface area contributed by atoms with E-state index in [4.69, 9.17) is 5.73 Å². The Balaban J connectivity index is 2.54. The minimum atomic E-state index is -4.36.